The molecule has 4 nitrogen and oxygen atoms in total. The number of benzene rings is 1. The van der Waals surface area contributed by atoms with Crippen LogP contribution in [0, 0.1) is 0 Å². The number of nitrogen functional groups attached to an aromatic ring is 1. The highest BCUT2D eigenvalue weighted by Gasteiger charge is 2.15. The Balaban J connectivity index is 2.17. The van der Waals surface area contributed by atoms with Crippen LogP contribution in [0.1, 0.15) is 16.1 Å². The van der Waals surface area contributed by atoms with Crippen molar-refractivity contribution in [3.05, 3.63) is 46.9 Å². The molecular weight excluding hydrogens is 274 g/mol. The van der Waals surface area contributed by atoms with Gasteiger partial charge in [-0.2, -0.15) is 0 Å². The monoisotopic (exact) mass is 283 g/mol. The Labute approximate surface area is 113 Å². The zero-order chi connectivity index (χ0) is 13.1. The molecule has 3 N–H and O–H groups in total. The van der Waals surface area contributed by atoms with E-state index in [4.69, 9.17) is 26.9 Å². The van der Waals surface area contributed by atoms with E-state index < -0.39 is 5.97 Å². The molecular formula is C12H10ClNO3S. The largest absolute Gasteiger partial charge is 0.475 e. The second-order valence-electron chi connectivity index (χ2n) is 3.53. The highest BCUT2D eigenvalue weighted by atomic mass is 35.5. The van der Waals surface area contributed by atoms with Crippen LogP contribution in [0.25, 0.3) is 0 Å². The minimum atomic E-state index is -1.08. The number of halogens is 1. The standard InChI is InChI=1S/C12H10ClNO3S/c13-8-2-1-3-9(14)11(8)18-6-7-4-5-17-10(7)12(15)16/h1-5H,6,14H2,(H,15,16). The highest BCUT2D eigenvalue weighted by molar-refractivity contribution is 7.98. The molecule has 1 heterocycles. The molecule has 0 amide bonds. The van der Waals surface area contributed by atoms with Crippen molar-refractivity contribution in [3.8, 4) is 0 Å². The number of aromatic carboxylic acids is 1. The van der Waals surface area contributed by atoms with Gasteiger partial charge in [0.15, 0.2) is 0 Å². The first kappa shape index (κ1) is 12.9. The number of carbonyl (C=O) groups is 1. The van der Waals surface area contributed by atoms with Crippen molar-refractivity contribution in [2.45, 2.75) is 10.6 Å². The summed E-state index contributed by atoms with van der Waals surface area (Å²) in [5.74, 6) is -0.692. The number of hydrogen-bond acceptors (Lipinski definition) is 4. The van der Waals surface area contributed by atoms with Gasteiger partial charge in [0.05, 0.1) is 11.3 Å². The molecule has 6 heteroatoms. The van der Waals surface area contributed by atoms with Crippen molar-refractivity contribution in [2.24, 2.45) is 0 Å². The number of nitrogens with two attached hydrogens (primary N) is 1. The van der Waals surface area contributed by atoms with Crippen molar-refractivity contribution >= 4 is 35.0 Å². The number of hydrogen-bond donors (Lipinski definition) is 2. The summed E-state index contributed by atoms with van der Waals surface area (Å²) < 4.78 is 4.90. The molecule has 0 spiro atoms. The second-order valence-corrected chi connectivity index (χ2v) is 4.92. The van der Waals surface area contributed by atoms with Gasteiger partial charge in [-0.3, -0.25) is 0 Å². The van der Waals surface area contributed by atoms with E-state index in [-0.39, 0.29) is 5.76 Å². The molecule has 0 aliphatic carbocycles. The van der Waals surface area contributed by atoms with Crippen LogP contribution in [-0.4, -0.2) is 11.1 Å². The van der Waals surface area contributed by atoms with Gasteiger partial charge in [-0.25, -0.2) is 4.79 Å². The van der Waals surface area contributed by atoms with Gasteiger partial charge in [0.1, 0.15) is 0 Å². The maximum atomic E-state index is 10.9. The minimum absolute atomic E-state index is 0.0480. The number of carboxylic acid groups (broad SMARTS) is 1. The molecule has 0 radical (unpaired) electrons. The van der Waals surface area contributed by atoms with Crippen LogP contribution >= 0.6 is 23.4 Å². The summed E-state index contributed by atoms with van der Waals surface area (Å²) in [4.78, 5) is 11.6. The molecule has 2 aromatic rings. The number of rotatable bonds is 4. The van der Waals surface area contributed by atoms with E-state index in [0.717, 1.165) is 4.90 Å². The van der Waals surface area contributed by atoms with Crippen LogP contribution in [0.3, 0.4) is 0 Å². The molecule has 1 aromatic carbocycles. The third-order valence-electron chi connectivity index (χ3n) is 2.31. The Morgan fingerprint density at radius 3 is 2.89 bits per heavy atom. The Morgan fingerprint density at radius 1 is 1.44 bits per heavy atom. The summed E-state index contributed by atoms with van der Waals surface area (Å²) in [6.45, 7) is 0. The van der Waals surface area contributed by atoms with E-state index in [9.17, 15) is 4.79 Å². The third-order valence-corrected chi connectivity index (χ3v) is 3.94. The molecule has 0 atom stereocenters. The smallest absolute Gasteiger partial charge is 0.372 e. The summed E-state index contributed by atoms with van der Waals surface area (Å²) in [6, 6.07) is 6.89. The van der Waals surface area contributed by atoms with Gasteiger partial charge in [0.25, 0.3) is 0 Å². The van der Waals surface area contributed by atoms with E-state index >= 15 is 0 Å². The summed E-state index contributed by atoms with van der Waals surface area (Å²) >= 11 is 7.41. The van der Waals surface area contributed by atoms with Gasteiger partial charge in [-0.15, -0.1) is 11.8 Å². The van der Waals surface area contributed by atoms with Gasteiger partial charge in [0.2, 0.25) is 5.76 Å². The third kappa shape index (κ3) is 2.63. The van der Waals surface area contributed by atoms with Gasteiger partial charge in [-0.1, -0.05) is 17.7 Å². The van der Waals surface area contributed by atoms with Crippen molar-refractivity contribution in [2.75, 3.05) is 5.73 Å². The van der Waals surface area contributed by atoms with E-state index in [0.29, 0.717) is 22.0 Å². The maximum Gasteiger partial charge on any atom is 0.372 e. The molecule has 18 heavy (non-hydrogen) atoms. The second kappa shape index (κ2) is 5.37. The molecule has 0 saturated carbocycles. The molecule has 2 rings (SSSR count). The van der Waals surface area contributed by atoms with Crippen LogP contribution < -0.4 is 5.73 Å². The van der Waals surface area contributed by atoms with Crippen LogP contribution in [0.4, 0.5) is 5.69 Å². The van der Waals surface area contributed by atoms with E-state index in [2.05, 4.69) is 0 Å². The fourth-order valence-electron chi connectivity index (χ4n) is 1.46. The van der Waals surface area contributed by atoms with Crippen LogP contribution in [0.15, 0.2) is 39.8 Å². The molecule has 0 saturated heterocycles. The van der Waals surface area contributed by atoms with Gasteiger partial charge < -0.3 is 15.3 Å². The topological polar surface area (TPSA) is 76.5 Å². The van der Waals surface area contributed by atoms with Gasteiger partial charge in [-0.05, 0) is 18.2 Å². The lowest BCUT2D eigenvalue weighted by atomic mass is 10.3. The predicted octanol–water partition coefficient (Wildman–Crippen LogP) is 3.51. The van der Waals surface area contributed by atoms with Gasteiger partial charge in [0, 0.05) is 21.9 Å². The highest BCUT2D eigenvalue weighted by Crippen LogP contribution is 2.35. The van der Waals surface area contributed by atoms with E-state index in [1.165, 1.54) is 18.0 Å². The fourth-order valence-corrected chi connectivity index (χ4v) is 2.78. The van der Waals surface area contributed by atoms with E-state index in [1.54, 1.807) is 24.3 Å². The Morgan fingerprint density at radius 2 is 2.22 bits per heavy atom. The lowest BCUT2D eigenvalue weighted by molar-refractivity contribution is 0.0661. The molecule has 0 bridgehead atoms. The van der Waals surface area contributed by atoms with E-state index in [1.807, 2.05) is 0 Å². The SMILES string of the molecule is Nc1cccc(Cl)c1SCc1ccoc1C(=O)O. The molecule has 0 aliphatic heterocycles. The van der Waals surface area contributed by atoms with Gasteiger partial charge >= 0.3 is 5.97 Å². The first-order valence-corrected chi connectivity index (χ1v) is 6.42. The zero-order valence-corrected chi connectivity index (χ0v) is 10.8. The Hall–Kier alpha value is -1.59. The fraction of sp³-hybridized carbons (Fsp3) is 0.0833. The molecule has 94 valence electrons. The van der Waals surface area contributed by atoms with Crippen molar-refractivity contribution in [3.63, 3.8) is 0 Å². The Kier molecular flexibility index (Phi) is 3.84. The predicted molar refractivity (Wildman–Crippen MR) is 71.1 cm³/mol. The number of anilines is 1. The number of thioether (sulfide) groups is 1. The normalized spacial score (nSPS) is 10.5. The average molecular weight is 284 g/mol. The lowest BCUT2D eigenvalue weighted by Gasteiger charge is -2.06. The lowest BCUT2D eigenvalue weighted by Crippen LogP contribution is -1.98. The average Bonchev–Trinajstić information content (AvgIpc) is 2.76. The molecule has 1 aromatic heterocycles. The maximum absolute atomic E-state index is 10.9. The first-order chi connectivity index (χ1) is 8.59. The molecule has 0 unspecified atom stereocenters. The summed E-state index contributed by atoms with van der Waals surface area (Å²) in [6.07, 6.45) is 1.36. The molecule has 0 fully saturated rings. The summed E-state index contributed by atoms with van der Waals surface area (Å²) in [5, 5.41) is 9.46. The van der Waals surface area contributed by atoms with Crippen LogP contribution in [0.2, 0.25) is 5.02 Å². The molecule has 0 aliphatic rings. The minimum Gasteiger partial charge on any atom is -0.475 e. The van der Waals surface area contributed by atoms with Crippen LogP contribution in [0.5, 0.6) is 0 Å². The van der Waals surface area contributed by atoms with Crippen LogP contribution in [-0.2, 0) is 5.75 Å². The summed E-state index contributed by atoms with van der Waals surface area (Å²) in [5.41, 5.74) is 6.99. The van der Waals surface area contributed by atoms with Crippen molar-refractivity contribution in [1.29, 1.82) is 0 Å². The Bertz CT molecular complexity index is 562. The zero-order valence-electron chi connectivity index (χ0n) is 9.22. The van der Waals surface area contributed by atoms with Crippen molar-refractivity contribution in [1.82, 2.24) is 0 Å². The quantitative estimate of drug-likeness (QED) is 0.663. The first-order valence-electron chi connectivity index (χ1n) is 5.06. The number of furan rings is 1. The van der Waals surface area contributed by atoms with Crippen molar-refractivity contribution < 1.29 is 14.3 Å². The number of carboxylic acids is 1. The summed E-state index contributed by atoms with van der Waals surface area (Å²) in [7, 11) is 0.